The largest absolute Gasteiger partial charge is 0.496 e. The lowest BCUT2D eigenvalue weighted by Crippen LogP contribution is -2.28. The van der Waals surface area contributed by atoms with Crippen LogP contribution in [-0.2, 0) is 64.2 Å². The molecular weight excluding hydrogens is 1900 g/mol. The van der Waals surface area contributed by atoms with E-state index in [1.807, 2.05) is 212 Å². The van der Waals surface area contributed by atoms with Gasteiger partial charge >= 0.3 is 0 Å². The number of carbonyl (C=O) groups is 1. The van der Waals surface area contributed by atoms with E-state index < -0.39 is 10.0 Å². The van der Waals surface area contributed by atoms with E-state index in [1.165, 1.54) is 63.1 Å². The molecule has 0 amide bonds. The normalized spacial score (nSPS) is 12.1. The van der Waals surface area contributed by atoms with Crippen molar-refractivity contribution in [2.75, 3.05) is 52.1 Å². The molecule has 0 bridgehead atoms. The van der Waals surface area contributed by atoms with E-state index in [0.29, 0.717) is 45.6 Å². The molecule has 14 nitrogen and oxygen atoms in total. The fraction of sp³-hybridized carbons (Fsp3) is 0.427. The Balaban J connectivity index is 0.000000413. The van der Waals surface area contributed by atoms with Gasteiger partial charge in [-0.2, -0.15) is 0 Å². The van der Waals surface area contributed by atoms with Gasteiger partial charge in [0.25, 0.3) is 5.69 Å². The number of rotatable bonds is 9. The molecule has 11 aromatic carbocycles. The minimum atomic E-state index is -3.22. The number of halogens is 7. The predicted octanol–water partition coefficient (Wildman–Crippen LogP) is 35.3. The number of benzene rings is 11. The summed E-state index contributed by atoms with van der Waals surface area (Å²) in [5, 5.41) is 12.0. The summed E-state index contributed by atoms with van der Waals surface area (Å²) in [4.78, 5) is 30.6. The van der Waals surface area contributed by atoms with Crippen molar-refractivity contribution in [2.24, 2.45) is 10.4 Å². The van der Waals surface area contributed by atoms with Crippen molar-refractivity contribution in [3.05, 3.63) is 371 Å². The first-order chi connectivity index (χ1) is 66.9. The number of fused-ring (bicyclic) bond motifs is 1. The number of methoxy groups -OCH3 is 3. The molecule has 146 heavy (non-hydrogen) atoms. The quantitative estimate of drug-likeness (QED) is 0.0764. The number of oxazole rings is 1. The number of hydrogen-bond acceptors (Lipinski definition) is 12. The molecule has 0 unspecified atom stereocenters. The van der Waals surface area contributed by atoms with Gasteiger partial charge in [0.1, 0.15) is 64.9 Å². The standard InChI is InChI=1S/C13H21NO2S.2C13H15NO.C12H18O.2C11H15FO.C11H16O.C10H12ClF.C10H13Cl.C10H12F2.C10H13NO2/c1-10-8-7-9-11(12(10)13(2,3)4)14(5)17(6,15)16;1-13(2,3)11-7-5-4-6-10(11)12-14-8-9-15-12;1-13(2,3)12-10-7-5-4-6-9(10)11(15)8-14-12;1-5-13-11-9-7-6-8-10(11)12(2,3)4;1-11(2,3)9-6-5-8(12)7-10(9)13-4;1-11(2,3)10-8(12)6-5-7-9(10)13-4;1-11(2,3)9-7-5-6-8-10(9)12-4;1-10(2,3)9-7(11)5-4-6-8(9)12;1-10(2,3)8-5-4-6-9(11)7-8;1-10(2,3)8-6-7(11)4-5-9(8)12;1-10(2,3)8-6-4-5-7-9(8)11(12)13/h7-9H,1-6H3;4-9H,1-3H3;4-7H,8H2,1-3H3;6-9H,5H2,1-4H3;2*5-7H,1-4H3;5-8H,1-4H3;4-6H,1-3H3;4-7H,1-3H3;4-6H,1-3H3;4-7H,1-3H3. The number of nitrogens with zero attached hydrogens (tertiary/aromatic N) is 4. The Morgan fingerprint density at radius 3 is 1.22 bits per heavy atom. The summed E-state index contributed by atoms with van der Waals surface area (Å²) < 4.78 is 116. The number of Topliss-reactive ketones (excluding diaryl/α,β-unsaturated/α-hetero) is 1. The Morgan fingerprint density at radius 1 is 0.404 bits per heavy atom. The minimum absolute atomic E-state index is 0.00317. The molecule has 796 valence electrons. The summed E-state index contributed by atoms with van der Waals surface area (Å²) in [6.07, 6.45) is 4.51. The number of aryl methyl sites for hydroxylation is 1. The number of anilines is 1. The van der Waals surface area contributed by atoms with Crippen LogP contribution in [0.1, 0.15) is 313 Å². The van der Waals surface area contributed by atoms with Crippen molar-refractivity contribution >= 4 is 56.1 Å². The van der Waals surface area contributed by atoms with Crippen LogP contribution in [-0.4, -0.2) is 77.6 Å². The first kappa shape index (κ1) is 129. The second kappa shape index (κ2) is 55.0. The fourth-order valence-corrected chi connectivity index (χ4v) is 16.6. The maximum Gasteiger partial charge on any atom is 0.273 e. The average Bonchev–Trinajstić information content (AvgIpc) is 0.854. The lowest BCUT2D eigenvalue weighted by molar-refractivity contribution is -0.386. The summed E-state index contributed by atoms with van der Waals surface area (Å²) in [5.74, 6) is 2.62. The number of ketones is 1. The SMILES string of the molecule is CC(C)(C)C1=NCC(=O)c2ccccc21.CC(C)(C)c1c(F)cccc1Cl.CC(C)(C)c1cc(F)ccc1F.CC(C)(C)c1cccc(Cl)c1.CC(C)(C)c1ccccc1-c1ncco1.CC(C)(C)c1ccccc1[N+](=O)[O-].CCOc1ccccc1C(C)(C)C.COc1cc(F)ccc1C(C)(C)C.COc1cccc(F)c1C(C)(C)C.COc1ccccc1C(C)(C)C.Cc1cccc(N(C)S(C)(=O)=O)c1C(C)(C)C. The summed E-state index contributed by atoms with van der Waals surface area (Å²) >= 11 is 11.7. The number of carbonyl (C=O) groups excluding carboxylic acids is 1. The average molecular weight is 2070 g/mol. The Kier molecular flexibility index (Phi) is 48.5. The highest BCUT2D eigenvalue weighted by Crippen LogP contribution is 2.41. The van der Waals surface area contributed by atoms with Crippen LogP contribution < -0.4 is 23.3 Å². The van der Waals surface area contributed by atoms with Crippen LogP contribution in [0.4, 0.5) is 33.3 Å². The summed E-state index contributed by atoms with van der Waals surface area (Å²) in [7, 11) is 3.21. The Labute approximate surface area is 882 Å². The van der Waals surface area contributed by atoms with Crippen LogP contribution in [0, 0.1) is 51.5 Å². The van der Waals surface area contributed by atoms with E-state index in [1.54, 1.807) is 89.4 Å². The first-order valence-corrected chi connectivity index (χ1v) is 51.7. The predicted molar refractivity (Wildman–Crippen MR) is 604 cm³/mol. The van der Waals surface area contributed by atoms with Gasteiger partial charge in [0.2, 0.25) is 15.9 Å². The molecule has 12 aromatic rings. The van der Waals surface area contributed by atoms with Gasteiger partial charge in [0.15, 0.2) is 5.78 Å². The molecular formula is C124H165Cl2F5N4O10S. The molecule has 0 saturated heterocycles. The highest BCUT2D eigenvalue weighted by molar-refractivity contribution is 7.92. The fourth-order valence-electron chi connectivity index (χ4n) is 15.5. The van der Waals surface area contributed by atoms with Crippen LogP contribution in [0.2, 0.25) is 10.0 Å². The number of nitro benzene ring substituents is 1. The van der Waals surface area contributed by atoms with Gasteiger partial charge in [0, 0.05) is 73.7 Å². The van der Waals surface area contributed by atoms with E-state index in [2.05, 4.69) is 186 Å². The molecule has 1 aromatic heterocycles. The molecule has 2 heterocycles. The summed E-state index contributed by atoms with van der Waals surface area (Å²) in [6.45, 7) is 73.4. The van der Waals surface area contributed by atoms with Crippen molar-refractivity contribution in [1.29, 1.82) is 0 Å². The van der Waals surface area contributed by atoms with Gasteiger partial charge in [-0.15, -0.1) is 0 Å². The van der Waals surface area contributed by atoms with E-state index in [9.17, 15) is 45.3 Å². The minimum Gasteiger partial charge on any atom is -0.496 e. The Morgan fingerprint density at radius 2 is 0.815 bits per heavy atom. The van der Waals surface area contributed by atoms with Crippen LogP contribution in [0.3, 0.4) is 0 Å². The third-order valence-corrected chi connectivity index (χ3v) is 24.4. The number of para-hydroxylation sites is 3. The molecule has 13 rings (SSSR count). The van der Waals surface area contributed by atoms with E-state index in [4.69, 9.17) is 46.6 Å². The molecule has 0 radical (unpaired) electrons. The second-order valence-corrected chi connectivity index (χ2v) is 49.6. The number of aliphatic imine (C=N–C) groups is 1. The van der Waals surface area contributed by atoms with Crippen LogP contribution in [0.15, 0.2) is 258 Å². The molecule has 0 N–H and O–H groups in total. The molecule has 0 atom stereocenters. The molecule has 0 spiro atoms. The maximum absolute atomic E-state index is 13.5. The number of aromatic nitrogens is 1. The monoisotopic (exact) mass is 2070 g/mol. The molecule has 22 heteroatoms. The van der Waals surface area contributed by atoms with Crippen LogP contribution in [0.5, 0.6) is 23.0 Å². The van der Waals surface area contributed by atoms with Gasteiger partial charge in [-0.3, -0.25) is 24.2 Å². The third-order valence-electron chi connectivity index (χ3n) is 22.7. The van der Waals surface area contributed by atoms with Gasteiger partial charge in [-0.25, -0.2) is 35.4 Å². The van der Waals surface area contributed by atoms with E-state index >= 15 is 0 Å². The number of nitro groups is 1. The summed E-state index contributed by atoms with van der Waals surface area (Å²) in [5.41, 5.74) is 15.2. The second-order valence-electron chi connectivity index (χ2n) is 46.8. The number of sulfonamides is 1. The molecule has 0 fully saturated rings. The maximum atomic E-state index is 13.5. The summed E-state index contributed by atoms with van der Waals surface area (Å²) in [6, 6.07) is 70.8. The Hall–Kier alpha value is -11.5. The number of ether oxygens (including phenoxy) is 4. The van der Waals surface area contributed by atoms with E-state index in [-0.39, 0.29) is 105 Å². The highest BCUT2D eigenvalue weighted by Gasteiger charge is 2.32. The molecule has 1 aliphatic rings. The van der Waals surface area contributed by atoms with Gasteiger partial charge in [-0.05, 0) is 197 Å². The Bertz CT molecular complexity index is 6270. The van der Waals surface area contributed by atoms with Gasteiger partial charge < -0.3 is 23.4 Å². The van der Waals surface area contributed by atoms with Crippen LogP contribution in [0.25, 0.3) is 11.5 Å². The lowest BCUT2D eigenvalue weighted by Gasteiger charge is -2.29. The smallest absolute Gasteiger partial charge is 0.273 e. The van der Waals surface area contributed by atoms with E-state index in [0.717, 1.165) is 85.6 Å². The van der Waals surface area contributed by atoms with Gasteiger partial charge in [-0.1, -0.05) is 391 Å². The van der Waals surface area contributed by atoms with Crippen molar-refractivity contribution < 1.29 is 63.5 Å². The highest BCUT2D eigenvalue weighted by atomic mass is 35.5. The van der Waals surface area contributed by atoms with Gasteiger partial charge in [0.05, 0.1) is 51.0 Å². The lowest BCUT2D eigenvalue weighted by atomic mass is 9.81. The topological polar surface area (TPSA) is 173 Å². The van der Waals surface area contributed by atoms with Crippen molar-refractivity contribution in [1.82, 2.24) is 4.98 Å². The third kappa shape index (κ3) is 41.7. The number of hydrogen-bond donors (Lipinski definition) is 0. The first-order valence-electron chi connectivity index (χ1n) is 49.1. The zero-order chi connectivity index (χ0) is 112. The zero-order valence-electron chi connectivity index (χ0n) is 94.5. The van der Waals surface area contributed by atoms with Crippen molar-refractivity contribution in [2.45, 2.75) is 296 Å². The van der Waals surface area contributed by atoms with Crippen LogP contribution >= 0.6 is 23.2 Å². The van der Waals surface area contributed by atoms with Crippen molar-refractivity contribution in [3.63, 3.8) is 0 Å². The molecule has 0 aliphatic carbocycles. The van der Waals surface area contributed by atoms with Crippen molar-refractivity contribution in [3.8, 4) is 34.5 Å². The molecule has 1 aliphatic heterocycles. The molecule has 0 saturated carbocycles. The zero-order valence-corrected chi connectivity index (χ0v) is 96.8.